The fraction of sp³-hybridized carbons (Fsp3) is 0.750. The first-order chi connectivity index (χ1) is 8.56. The second kappa shape index (κ2) is 4.05. The van der Waals surface area contributed by atoms with Crippen molar-refractivity contribution in [2.24, 2.45) is 5.92 Å². The second-order valence-electron chi connectivity index (χ2n) is 5.85. The summed E-state index contributed by atoms with van der Waals surface area (Å²) in [5.41, 5.74) is 0.273. The lowest BCUT2D eigenvalue weighted by Crippen LogP contribution is -2.45. The summed E-state index contributed by atoms with van der Waals surface area (Å²) in [5.74, 6) is 0.484. The Morgan fingerprint density at radius 3 is 2.78 bits per heavy atom. The van der Waals surface area contributed by atoms with Crippen LogP contribution in [0.4, 0.5) is 0 Å². The predicted molar refractivity (Wildman–Crippen MR) is 66.2 cm³/mol. The largest absolute Gasteiger partial charge is 0.345 e. The van der Waals surface area contributed by atoms with E-state index in [-0.39, 0.29) is 11.4 Å². The molecule has 1 aromatic rings. The van der Waals surface area contributed by atoms with Crippen LogP contribution in [0.3, 0.4) is 0 Å². The average Bonchev–Trinajstić information content (AvgIpc) is 2.97. The molecule has 98 valence electrons. The maximum Gasteiger partial charge on any atom is 0.273 e. The molecular weight excluding hydrogens is 230 g/mol. The van der Waals surface area contributed by atoms with Gasteiger partial charge < -0.3 is 10.6 Å². The van der Waals surface area contributed by atoms with Crippen LogP contribution in [-0.4, -0.2) is 39.5 Å². The number of nitrogens with zero attached hydrogens (tertiary/aromatic N) is 3. The summed E-state index contributed by atoms with van der Waals surface area (Å²) in [6.45, 7) is 5.95. The minimum atomic E-state index is -0.140. The molecular formula is C12H19N5O. The molecule has 18 heavy (non-hydrogen) atoms. The fourth-order valence-electron chi connectivity index (χ4n) is 2.28. The second-order valence-corrected chi connectivity index (χ2v) is 5.85. The first kappa shape index (κ1) is 11.6. The maximum absolute atomic E-state index is 12.1. The highest BCUT2D eigenvalue weighted by Gasteiger charge is 2.39. The highest BCUT2D eigenvalue weighted by Crippen LogP contribution is 2.39. The number of carbonyl (C=O) groups excluding carboxylic acids is 1. The van der Waals surface area contributed by atoms with E-state index in [1.165, 1.54) is 12.8 Å². The zero-order valence-corrected chi connectivity index (χ0v) is 10.8. The number of amides is 1. The van der Waals surface area contributed by atoms with Gasteiger partial charge in [-0.05, 0) is 32.6 Å². The Hall–Kier alpha value is -1.43. The van der Waals surface area contributed by atoms with Crippen molar-refractivity contribution in [3.05, 3.63) is 11.9 Å². The summed E-state index contributed by atoms with van der Waals surface area (Å²) >= 11 is 0. The lowest BCUT2D eigenvalue weighted by molar-refractivity contribution is 0.0898. The van der Waals surface area contributed by atoms with Gasteiger partial charge in [-0.1, -0.05) is 5.21 Å². The maximum atomic E-state index is 12.1. The van der Waals surface area contributed by atoms with Crippen LogP contribution in [0.2, 0.25) is 0 Å². The molecule has 6 heteroatoms. The Labute approximate surface area is 106 Å². The Morgan fingerprint density at radius 2 is 2.22 bits per heavy atom. The van der Waals surface area contributed by atoms with Crippen LogP contribution in [0.15, 0.2) is 6.20 Å². The molecule has 6 nitrogen and oxygen atoms in total. The summed E-state index contributed by atoms with van der Waals surface area (Å²) in [5, 5.41) is 14.2. The smallest absolute Gasteiger partial charge is 0.273 e. The van der Waals surface area contributed by atoms with Crippen molar-refractivity contribution in [1.82, 2.24) is 25.6 Å². The van der Waals surface area contributed by atoms with Gasteiger partial charge in [0, 0.05) is 18.6 Å². The van der Waals surface area contributed by atoms with Gasteiger partial charge in [0.1, 0.15) is 0 Å². The number of hydrogen-bond donors (Lipinski definition) is 2. The molecule has 3 rings (SSSR count). The Bertz CT molecular complexity index is 459. The predicted octanol–water partition coefficient (Wildman–Crippen LogP) is 0.341. The number of nitrogens with one attached hydrogen (secondary N) is 2. The summed E-state index contributed by atoms with van der Waals surface area (Å²) < 4.78 is 1.77. The number of hydrogen-bond acceptors (Lipinski definition) is 4. The monoisotopic (exact) mass is 249 g/mol. The normalized spacial score (nSPS) is 20.6. The van der Waals surface area contributed by atoms with Crippen LogP contribution in [0.1, 0.15) is 43.2 Å². The van der Waals surface area contributed by atoms with Crippen LogP contribution in [0, 0.1) is 5.92 Å². The summed E-state index contributed by atoms with van der Waals surface area (Å²) in [6.07, 6.45) is 4.14. The van der Waals surface area contributed by atoms with E-state index in [1.54, 1.807) is 10.9 Å². The third kappa shape index (κ3) is 2.12. The highest BCUT2D eigenvalue weighted by molar-refractivity contribution is 5.92. The summed E-state index contributed by atoms with van der Waals surface area (Å²) in [7, 11) is 0. The molecule has 2 fully saturated rings. The molecule has 2 heterocycles. The van der Waals surface area contributed by atoms with Crippen LogP contribution in [0.5, 0.6) is 0 Å². The van der Waals surface area contributed by atoms with Gasteiger partial charge in [0.15, 0.2) is 5.69 Å². The van der Waals surface area contributed by atoms with Crippen molar-refractivity contribution < 1.29 is 4.79 Å². The minimum absolute atomic E-state index is 0.120. The van der Waals surface area contributed by atoms with Crippen LogP contribution in [0.25, 0.3) is 0 Å². The molecule has 1 aromatic heterocycles. The van der Waals surface area contributed by atoms with E-state index >= 15 is 0 Å². The highest BCUT2D eigenvalue weighted by atomic mass is 16.2. The van der Waals surface area contributed by atoms with Crippen LogP contribution in [-0.2, 0) is 0 Å². The van der Waals surface area contributed by atoms with Gasteiger partial charge in [0.2, 0.25) is 0 Å². The van der Waals surface area contributed by atoms with Crippen molar-refractivity contribution in [1.29, 1.82) is 0 Å². The van der Waals surface area contributed by atoms with Crippen molar-refractivity contribution in [2.75, 3.05) is 13.1 Å². The zero-order chi connectivity index (χ0) is 12.8. The van der Waals surface area contributed by atoms with Gasteiger partial charge in [-0.2, -0.15) is 0 Å². The van der Waals surface area contributed by atoms with E-state index in [0.717, 1.165) is 13.1 Å². The molecule has 1 saturated heterocycles. The first-order valence-corrected chi connectivity index (χ1v) is 6.51. The van der Waals surface area contributed by atoms with Gasteiger partial charge in [-0.15, -0.1) is 5.10 Å². The number of rotatable bonds is 4. The third-order valence-corrected chi connectivity index (χ3v) is 3.91. The molecule has 1 aliphatic heterocycles. The average molecular weight is 249 g/mol. The lowest BCUT2D eigenvalue weighted by Gasteiger charge is -2.26. The minimum Gasteiger partial charge on any atom is -0.345 e. The molecule has 2 aliphatic rings. The molecule has 1 amide bonds. The molecule has 0 radical (unpaired) electrons. The van der Waals surface area contributed by atoms with Crippen molar-refractivity contribution in [3.63, 3.8) is 0 Å². The Morgan fingerprint density at radius 1 is 1.50 bits per heavy atom. The van der Waals surface area contributed by atoms with Gasteiger partial charge in [-0.25, -0.2) is 4.68 Å². The molecule has 0 aromatic carbocycles. The van der Waals surface area contributed by atoms with Crippen LogP contribution < -0.4 is 10.6 Å². The number of carbonyl (C=O) groups is 1. The molecule has 2 N–H and O–H groups in total. The van der Waals surface area contributed by atoms with Gasteiger partial charge in [0.05, 0.1) is 12.2 Å². The van der Waals surface area contributed by atoms with E-state index in [1.807, 2.05) is 0 Å². The summed E-state index contributed by atoms with van der Waals surface area (Å²) in [4.78, 5) is 12.1. The molecule has 0 atom stereocenters. The van der Waals surface area contributed by atoms with E-state index in [0.29, 0.717) is 17.7 Å². The fourth-order valence-corrected chi connectivity index (χ4v) is 2.28. The van der Waals surface area contributed by atoms with Crippen LogP contribution >= 0.6 is 0 Å². The molecule has 1 saturated carbocycles. The van der Waals surface area contributed by atoms with E-state index in [4.69, 9.17) is 0 Å². The Kier molecular flexibility index (Phi) is 2.62. The van der Waals surface area contributed by atoms with E-state index < -0.39 is 0 Å². The topological polar surface area (TPSA) is 71.8 Å². The van der Waals surface area contributed by atoms with Crippen molar-refractivity contribution >= 4 is 5.91 Å². The van der Waals surface area contributed by atoms with Gasteiger partial charge in [-0.3, -0.25) is 4.79 Å². The number of aromatic nitrogens is 3. The SMILES string of the molecule is CC(C)(NC(=O)c1cn(C2CNC2)nn1)C1CC1. The molecule has 0 bridgehead atoms. The van der Waals surface area contributed by atoms with Crippen molar-refractivity contribution in [3.8, 4) is 0 Å². The standard InChI is InChI=1S/C12H19N5O/c1-12(2,8-3-4-8)14-11(18)10-7-17(16-15-10)9-5-13-6-9/h7-9,13H,3-6H2,1-2H3,(H,14,18). The lowest BCUT2D eigenvalue weighted by atomic mass is 9.98. The van der Waals surface area contributed by atoms with E-state index in [2.05, 4.69) is 34.8 Å². The molecule has 0 spiro atoms. The molecule has 1 aliphatic carbocycles. The van der Waals surface area contributed by atoms with E-state index in [9.17, 15) is 4.79 Å². The molecule has 0 unspecified atom stereocenters. The Balaban J connectivity index is 1.66. The third-order valence-electron chi connectivity index (χ3n) is 3.91. The summed E-state index contributed by atoms with van der Waals surface area (Å²) in [6, 6.07) is 0.343. The van der Waals surface area contributed by atoms with Gasteiger partial charge in [0.25, 0.3) is 5.91 Å². The van der Waals surface area contributed by atoms with Crippen molar-refractivity contribution in [2.45, 2.75) is 38.3 Å². The quantitative estimate of drug-likeness (QED) is 0.807. The first-order valence-electron chi connectivity index (χ1n) is 6.51. The van der Waals surface area contributed by atoms with Gasteiger partial charge >= 0.3 is 0 Å². The zero-order valence-electron chi connectivity index (χ0n) is 10.8.